The molecule has 0 amide bonds. The van der Waals surface area contributed by atoms with Gasteiger partial charge in [-0.05, 0) is 54.2 Å². The van der Waals surface area contributed by atoms with Gasteiger partial charge in [0.2, 0.25) is 0 Å². The summed E-state index contributed by atoms with van der Waals surface area (Å²) < 4.78 is 5.85. The Labute approximate surface area is 177 Å². The highest BCUT2D eigenvalue weighted by molar-refractivity contribution is 5.67. The summed E-state index contributed by atoms with van der Waals surface area (Å²) in [6.45, 7) is 0.551. The van der Waals surface area contributed by atoms with Gasteiger partial charge in [-0.1, -0.05) is 48.5 Å². The van der Waals surface area contributed by atoms with Gasteiger partial charge in [-0.3, -0.25) is 4.79 Å². The summed E-state index contributed by atoms with van der Waals surface area (Å²) in [6.07, 6.45) is 2.37. The van der Waals surface area contributed by atoms with Gasteiger partial charge in [0.05, 0.1) is 6.61 Å². The van der Waals surface area contributed by atoms with Gasteiger partial charge in [0, 0.05) is 25.6 Å². The van der Waals surface area contributed by atoms with Gasteiger partial charge in [0.25, 0.3) is 0 Å². The predicted octanol–water partition coefficient (Wildman–Crippen LogP) is 4.62. The average Bonchev–Trinajstić information content (AvgIpc) is 2.75. The second kappa shape index (κ2) is 11.0. The number of carboxylic acid groups (broad SMARTS) is 1. The minimum atomic E-state index is -0.758. The van der Waals surface area contributed by atoms with Crippen LogP contribution in [-0.4, -0.2) is 29.7 Å². The molecule has 1 atom stereocenters. The number of rotatable bonds is 11. The van der Waals surface area contributed by atoms with Crippen molar-refractivity contribution in [3.05, 3.63) is 89.6 Å². The van der Waals surface area contributed by atoms with Crippen molar-refractivity contribution in [2.24, 2.45) is 5.92 Å². The van der Waals surface area contributed by atoms with Crippen LogP contribution in [0.3, 0.4) is 0 Å². The average molecular weight is 405 g/mol. The number of anilines is 1. The number of carbonyl (C=O) groups is 1. The maximum Gasteiger partial charge on any atom is 0.303 e. The van der Waals surface area contributed by atoms with E-state index in [0.29, 0.717) is 6.61 Å². The molecular weight excluding hydrogens is 376 g/mol. The molecule has 0 radical (unpaired) electrons. The van der Waals surface area contributed by atoms with Crippen LogP contribution in [0.4, 0.5) is 5.82 Å². The summed E-state index contributed by atoms with van der Waals surface area (Å²) in [7, 11) is 1.85. The molecule has 3 aromatic rings. The summed E-state index contributed by atoms with van der Waals surface area (Å²) in [5.74, 6) is 0.957. The molecule has 2 aromatic carbocycles. The molecule has 5 heteroatoms. The quantitative estimate of drug-likeness (QED) is 0.488. The van der Waals surface area contributed by atoms with E-state index < -0.39 is 5.97 Å². The van der Waals surface area contributed by atoms with E-state index in [2.05, 4.69) is 10.3 Å². The van der Waals surface area contributed by atoms with Crippen LogP contribution in [0.2, 0.25) is 0 Å². The SMILES string of the molecule is CNc1cccc(CCOc2ccc(CC(CC(=O)O)Cc3ccccc3)cc2)n1. The van der Waals surface area contributed by atoms with Crippen molar-refractivity contribution >= 4 is 11.8 Å². The first-order chi connectivity index (χ1) is 14.6. The molecule has 1 unspecified atom stereocenters. The molecule has 3 rings (SSSR count). The number of benzene rings is 2. The standard InChI is InChI=1S/C25H28N2O3/c1-26-24-9-5-8-22(27-24)14-15-30-23-12-10-20(11-13-23)17-21(18-25(28)29)16-19-6-3-2-4-7-19/h2-13,21H,14-18H2,1H3,(H,26,27)(H,28,29). The van der Waals surface area contributed by atoms with E-state index in [1.54, 1.807) is 0 Å². The van der Waals surface area contributed by atoms with E-state index in [9.17, 15) is 9.90 Å². The molecule has 1 heterocycles. The van der Waals surface area contributed by atoms with Crippen molar-refractivity contribution in [1.82, 2.24) is 4.98 Å². The van der Waals surface area contributed by atoms with Crippen LogP contribution in [0.15, 0.2) is 72.8 Å². The van der Waals surface area contributed by atoms with Crippen LogP contribution in [0.1, 0.15) is 23.2 Å². The number of nitrogens with one attached hydrogen (secondary N) is 1. The Kier molecular flexibility index (Phi) is 7.84. The van der Waals surface area contributed by atoms with Crippen LogP contribution in [0, 0.1) is 5.92 Å². The molecule has 0 aliphatic heterocycles. The predicted molar refractivity (Wildman–Crippen MR) is 119 cm³/mol. The third kappa shape index (κ3) is 6.92. The zero-order chi connectivity index (χ0) is 21.2. The van der Waals surface area contributed by atoms with Gasteiger partial charge in [0.1, 0.15) is 11.6 Å². The Bertz CT molecular complexity index is 927. The van der Waals surface area contributed by atoms with E-state index in [4.69, 9.17) is 4.74 Å². The largest absolute Gasteiger partial charge is 0.493 e. The fourth-order valence-corrected chi connectivity index (χ4v) is 3.50. The Morgan fingerprint density at radius 2 is 1.67 bits per heavy atom. The number of carboxylic acids is 1. The third-order valence-corrected chi connectivity index (χ3v) is 4.97. The van der Waals surface area contributed by atoms with E-state index >= 15 is 0 Å². The monoisotopic (exact) mass is 404 g/mol. The first-order valence-electron chi connectivity index (χ1n) is 10.2. The molecule has 156 valence electrons. The van der Waals surface area contributed by atoms with E-state index in [0.717, 1.165) is 42.1 Å². The first-order valence-corrected chi connectivity index (χ1v) is 10.2. The normalized spacial score (nSPS) is 11.6. The van der Waals surface area contributed by atoms with Crippen LogP contribution < -0.4 is 10.1 Å². The van der Waals surface area contributed by atoms with Gasteiger partial charge in [-0.2, -0.15) is 0 Å². The third-order valence-electron chi connectivity index (χ3n) is 4.97. The molecule has 0 bridgehead atoms. The van der Waals surface area contributed by atoms with Gasteiger partial charge in [-0.25, -0.2) is 4.98 Å². The van der Waals surface area contributed by atoms with E-state index in [1.807, 2.05) is 79.8 Å². The minimum absolute atomic E-state index is 0.0576. The molecule has 0 aliphatic rings. The molecule has 5 nitrogen and oxygen atoms in total. The lowest BCUT2D eigenvalue weighted by Crippen LogP contribution is -2.13. The van der Waals surface area contributed by atoms with Gasteiger partial charge in [0.15, 0.2) is 0 Å². The molecule has 0 saturated heterocycles. The molecule has 0 fully saturated rings. The second-order valence-electron chi connectivity index (χ2n) is 7.36. The van der Waals surface area contributed by atoms with Crippen LogP contribution in [0.5, 0.6) is 5.75 Å². The zero-order valence-electron chi connectivity index (χ0n) is 17.3. The Hall–Kier alpha value is -3.34. The van der Waals surface area contributed by atoms with Crippen molar-refractivity contribution in [3.8, 4) is 5.75 Å². The summed E-state index contributed by atoms with van der Waals surface area (Å²) in [5.41, 5.74) is 3.27. The van der Waals surface area contributed by atoms with Crippen molar-refractivity contribution in [2.75, 3.05) is 19.0 Å². The highest BCUT2D eigenvalue weighted by Crippen LogP contribution is 2.20. The second-order valence-corrected chi connectivity index (χ2v) is 7.36. The molecule has 30 heavy (non-hydrogen) atoms. The summed E-state index contributed by atoms with van der Waals surface area (Å²) >= 11 is 0. The number of aliphatic carboxylic acids is 1. The Balaban J connectivity index is 1.53. The molecule has 1 aromatic heterocycles. The van der Waals surface area contributed by atoms with Crippen molar-refractivity contribution in [1.29, 1.82) is 0 Å². The van der Waals surface area contributed by atoms with Gasteiger partial charge >= 0.3 is 5.97 Å². The maximum atomic E-state index is 11.3. The Morgan fingerprint density at radius 1 is 0.967 bits per heavy atom. The lowest BCUT2D eigenvalue weighted by molar-refractivity contribution is -0.138. The molecule has 0 spiro atoms. The number of ether oxygens (including phenoxy) is 1. The van der Waals surface area contributed by atoms with Crippen LogP contribution >= 0.6 is 0 Å². The highest BCUT2D eigenvalue weighted by Gasteiger charge is 2.15. The Morgan fingerprint density at radius 3 is 2.33 bits per heavy atom. The van der Waals surface area contributed by atoms with E-state index in [1.165, 1.54) is 5.56 Å². The topological polar surface area (TPSA) is 71.5 Å². The highest BCUT2D eigenvalue weighted by atomic mass is 16.5. The van der Waals surface area contributed by atoms with Crippen molar-refractivity contribution in [3.63, 3.8) is 0 Å². The van der Waals surface area contributed by atoms with Crippen molar-refractivity contribution in [2.45, 2.75) is 25.7 Å². The fourth-order valence-electron chi connectivity index (χ4n) is 3.50. The van der Waals surface area contributed by atoms with Crippen LogP contribution in [0.25, 0.3) is 0 Å². The minimum Gasteiger partial charge on any atom is -0.493 e. The van der Waals surface area contributed by atoms with Gasteiger partial charge in [-0.15, -0.1) is 0 Å². The maximum absolute atomic E-state index is 11.3. The van der Waals surface area contributed by atoms with Crippen LogP contribution in [-0.2, 0) is 24.1 Å². The van der Waals surface area contributed by atoms with Crippen molar-refractivity contribution < 1.29 is 14.6 Å². The summed E-state index contributed by atoms with van der Waals surface area (Å²) in [6, 6.07) is 23.9. The number of nitrogens with zero attached hydrogens (tertiary/aromatic N) is 1. The first kappa shape index (κ1) is 21.4. The molecule has 0 saturated carbocycles. The summed E-state index contributed by atoms with van der Waals surface area (Å²) in [4.78, 5) is 15.8. The smallest absolute Gasteiger partial charge is 0.303 e. The fraction of sp³-hybridized carbons (Fsp3) is 0.280. The van der Waals surface area contributed by atoms with E-state index in [-0.39, 0.29) is 12.3 Å². The number of hydrogen-bond acceptors (Lipinski definition) is 4. The zero-order valence-corrected chi connectivity index (χ0v) is 17.3. The lowest BCUT2D eigenvalue weighted by atomic mass is 9.90. The lowest BCUT2D eigenvalue weighted by Gasteiger charge is -2.15. The summed E-state index contributed by atoms with van der Waals surface area (Å²) in [5, 5.41) is 12.3. The number of pyridine rings is 1. The molecule has 0 aliphatic carbocycles. The number of hydrogen-bond donors (Lipinski definition) is 2. The van der Waals surface area contributed by atoms with Gasteiger partial charge < -0.3 is 15.2 Å². The molecule has 2 N–H and O–H groups in total. The number of aromatic nitrogens is 1. The molecular formula is C25H28N2O3.